The van der Waals surface area contributed by atoms with Crippen LogP contribution in [-0.2, 0) is 21.4 Å². The van der Waals surface area contributed by atoms with E-state index in [1.54, 1.807) is 41.5 Å². The van der Waals surface area contributed by atoms with Gasteiger partial charge in [-0.15, -0.1) is 11.3 Å². The van der Waals surface area contributed by atoms with E-state index in [0.717, 1.165) is 53.8 Å². The Morgan fingerprint density at radius 2 is 1.58 bits per heavy atom. The Balaban J connectivity index is 0.817. The van der Waals surface area contributed by atoms with Gasteiger partial charge >= 0.3 is 0 Å². The van der Waals surface area contributed by atoms with Crippen LogP contribution in [0.3, 0.4) is 0 Å². The number of methoxy groups -OCH3 is 1. The van der Waals surface area contributed by atoms with Gasteiger partial charge < -0.3 is 34.7 Å². The number of carbonyl (C=O) groups is 5. The van der Waals surface area contributed by atoms with Crippen LogP contribution in [0.25, 0.3) is 21.8 Å². The predicted octanol–water partition coefficient (Wildman–Crippen LogP) is 10.6. The number of imidazole rings is 1. The summed E-state index contributed by atoms with van der Waals surface area (Å²) in [4.78, 5) is 101. The third-order valence-electron chi connectivity index (χ3n) is 14.7. The summed E-state index contributed by atoms with van der Waals surface area (Å²) in [5.41, 5.74) is 6.01. The molecule has 3 N–H and O–H groups in total. The van der Waals surface area contributed by atoms with E-state index < -0.39 is 35.0 Å². The number of amides is 5. The first-order chi connectivity index (χ1) is 37.7. The van der Waals surface area contributed by atoms with Crippen molar-refractivity contribution < 1.29 is 28.7 Å². The van der Waals surface area contributed by atoms with Gasteiger partial charge in [-0.05, 0) is 99.7 Å². The van der Waals surface area contributed by atoms with Gasteiger partial charge in [-0.1, -0.05) is 106 Å². The van der Waals surface area contributed by atoms with Gasteiger partial charge in [0.2, 0.25) is 23.6 Å². The van der Waals surface area contributed by atoms with E-state index in [0.29, 0.717) is 60.0 Å². The summed E-state index contributed by atoms with van der Waals surface area (Å²) in [5, 5.41) is 9.95. The number of hydrogen-bond acceptors (Lipinski definition) is 11. The highest BCUT2D eigenvalue weighted by molar-refractivity contribution is 7.13. The maximum atomic E-state index is 14.6. The third-order valence-corrected chi connectivity index (χ3v) is 16.1. The molecule has 0 aliphatic carbocycles. The number of aromatic nitrogens is 5. The van der Waals surface area contributed by atoms with Gasteiger partial charge in [-0.25, -0.2) is 15.0 Å². The Morgan fingerprint density at radius 3 is 2.24 bits per heavy atom. The molecule has 0 saturated carbocycles. The van der Waals surface area contributed by atoms with Gasteiger partial charge in [0.15, 0.2) is 5.69 Å². The fourth-order valence-corrected chi connectivity index (χ4v) is 11.7. The highest BCUT2D eigenvalue weighted by atomic mass is 35.5. The first kappa shape index (κ1) is 58.3. The quantitative estimate of drug-likeness (QED) is 0.0582. The molecule has 2 aromatic carbocycles. The number of ether oxygens (including phenoxy) is 1. The minimum atomic E-state index is -0.793. The maximum Gasteiger partial charge on any atom is 0.279 e. The Hall–Kier alpha value is -6.89. The van der Waals surface area contributed by atoms with Crippen LogP contribution in [-0.4, -0.2) is 90.8 Å². The van der Waals surface area contributed by atoms with Crippen LogP contribution in [0.1, 0.15) is 161 Å². The fraction of sp³-hybridized carbons (Fsp3) is 0.441. The molecule has 2 aliphatic heterocycles. The lowest BCUT2D eigenvalue weighted by Crippen LogP contribution is -2.57. The molecule has 0 unspecified atom stereocenters. The number of nitrogens with one attached hydrogen (secondary N) is 3. The second kappa shape index (κ2) is 25.1. The van der Waals surface area contributed by atoms with Gasteiger partial charge in [0.1, 0.15) is 29.6 Å². The van der Waals surface area contributed by atoms with Crippen LogP contribution >= 0.6 is 34.5 Å². The summed E-state index contributed by atoms with van der Waals surface area (Å²) in [6.07, 6.45) is 9.34. The number of carbonyl (C=O) groups excluding carboxylic acids is 5. The Morgan fingerprint density at radius 1 is 0.886 bits per heavy atom. The summed E-state index contributed by atoms with van der Waals surface area (Å²) >= 11 is 14.4. The number of fused-ring (bicyclic) bond motifs is 1. The van der Waals surface area contributed by atoms with E-state index in [2.05, 4.69) is 25.9 Å². The Labute approximate surface area is 475 Å². The number of benzene rings is 2. The molecule has 79 heavy (non-hydrogen) atoms. The number of nitrogens with zero attached hydrogens (tertiary/aromatic N) is 7. The zero-order chi connectivity index (χ0) is 56.9. The molecule has 2 aliphatic rings. The number of halogens is 2. The van der Waals surface area contributed by atoms with Gasteiger partial charge in [0, 0.05) is 50.0 Å². The monoisotopic (exact) mass is 1130 g/mol. The lowest BCUT2D eigenvalue weighted by molar-refractivity contribution is -0.144. The van der Waals surface area contributed by atoms with E-state index >= 15 is 0 Å². The average Bonchev–Trinajstić information content (AvgIpc) is 4.13. The molecule has 0 bridgehead atoms. The largest absolute Gasteiger partial charge is 0.480 e. The molecular formula is C59H70Cl2N10O7S. The van der Waals surface area contributed by atoms with Crippen molar-refractivity contribution in [2.45, 2.75) is 136 Å². The normalized spacial score (nSPS) is 16.0. The van der Waals surface area contributed by atoms with Gasteiger partial charge in [-0.2, -0.15) is 0 Å². The summed E-state index contributed by atoms with van der Waals surface area (Å²) in [6, 6.07) is 15.6. The van der Waals surface area contributed by atoms with Crippen molar-refractivity contribution in [1.29, 1.82) is 0 Å². The molecule has 1 saturated heterocycles. The maximum absolute atomic E-state index is 14.6. The summed E-state index contributed by atoms with van der Waals surface area (Å²) < 4.78 is 8.96. The molecular weight excluding hydrogens is 1060 g/mol. The highest BCUT2D eigenvalue weighted by Crippen LogP contribution is 2.45. The lowest BCUT2D eigenvalue weighted by atomic mass is 9.85. The zero-order valence-corrected chi connectivity index (χ0v) is 48.7. The number of aryl methyl sites for hydroxylation is 2. The van der Waals surface area contributed by atoms with Crippen molar-refractivity contribution in [2.24, 2.45) is 12.5 Å². The standard InChI is InChI=1S/C59H70Cl2N10O7S/c1-34(2)70-49-47(57(76)71(45-30-42(61)32-68(8)56(45)75)48(49)38-23-25-41(60)26-24-38)67-52(70)43-29-40(31-63-55(43)78-9)53(73)62-27-15-13-11-10-12-14-18-46(72)66-51(59(5,6)7)58(77)69-28-16-17-44(69)54(74)65-35(3)37-19-21-39(22-20-37)50-36(4)64-33-79-50/h19-26,29-35,44,48,51H,10-18,27-28H2,1-9H3,(H,62,73)(H,65,74)(H,66,72)/t35-,44-,48-,51+/m0/s1. The van der Waals surface area contributed by atoms with Gasteiger partial charge in [-0.3, -0.25) is 33.7 Å². The van der Waals surface area contributed by atoms with Gasteiger partial charge in [0.25, 0.3) is 17.4 Å². The Kier molecular flexibility index (Phi) is 18.5. The molecule has 4 aromatic heterocycles. The number of pyridine rings is 2. The smallest absolute Gasteiger partial charge is 0.279 e. The molecule has 5 amide bonds. The zero-order valence-electron chi connectivity index (χ0n) is 46.3. The molecule has 0 spiro atoms. The fourth-order valence-electron chi connectivity index (χ4n) is 10.5. The second-order valence-corrected chi connectivity index (χ2v) is 23.5. The van der Waals surface area contributed by atoms with E-state index in [9.17, 15) is 28.8 Å². The summed E-state index contributed by atoms with van der Waals surface area (Å²) in [6.45, 7) is 14.5. The lowest BCUT2D eigenvalue weighted by Gasteiger charge is -2.35. The molecule has 6 aromatic rings. The SMILES string of the molecule is COc1ncc(C(=O)NCCCCCCCCC(=O)N[C@H](C(=O)N2CCC[C@H]2C(=O)N[C@@H](C)c2ccc(-c3scnc3C)cc2)C(C)(C)C)cc1-c1nc2c(n1C(C)C)[C@H](c1ccc(Cl)cc1)N(c1cc(Cl)cn(C)c1=O)C2=O. The number of likely N-dealkylation sites (tertiary alicyclic amines) is 1. The molecule has 17 nitrogen and oxygen atoms in total. The number of rotatable bonds is 21. The van der Waals surface area contributed by atoms with Crippen molar-refractivity contribution in [3.8, 4) is 27.7 Å². The van der Waals surface area contributed by atoms with E-state index in [-0.39, 0.29) is 70.0 Å². The molecule has 6 heterocycles. The molecule has 418 valence electrons. The molecule has 8 rings (SSSR count). The van der Waals surface area contributed by atoms with Crippen LogP contribution in [0.15, 0.2) is 83.4 Å². The van der Waals surface area contributed by atoms with Crippen molar-refractivity contribution in [2.75, 3.05) is 25.1 Å². The summed E-state index contributed by atoms with van der Waals surface area (Å²) in [7, 11) is 3.05. The number of hydrogen-bond donors (Lipinski definition) is 3. The minimum absolute atomic E-state index is 0.0948. The van der Waals surface area contributed by atoms with E-state index in [4.69, 9.17) is 32.9 Å². The van der Waals surface area contributed by atoms with Crippen LogP contribution in [0, 0.1) is 12.3 Å². The summed E-state index contributed by atoms with van der Waals surface area (Å²) in [5.74, 6) is -0.891. The third kappa shape index (κ3) is 12.9. The minimum Gasteiger partial charge on any atom is -0.480 e. The van der Waals surface area contributed by atoms with Crippen molar-refractivity contribution in [1.82, 2.24) is 44.9 Å². The molecule has 4 atom stereocenters. The van der Waals surface area contributed by atoms with Crippen LogP contribution in [0.4, 0.5) is 5.69 Å². The van der Waals surface area contributed by atoms with Crippen molar-refractivity contribution >= 4 is 69.8 Å². The average molecular weight is 1130 g/mol. The van der Waals surface area contributed by atoms with Crippen LogP contribution in [0.2, 0.25) is 10.0 Å². The van der Waals surface area contributed by atoms with Crippen LogP contribution < -0.4 is 31.1 Å². The number of unbranched alkanes of at least 4 members (excludes halogenated alkanes) is 5. The van der Waals surface area contributed by atoms with Crippen LogP contribution in [0.5, 0.6) is 5.88 Å². The number of thiazole rings is 1. The van der Waals surface area contributed by atoms with Crippen molar-refractivity contribution in [3.63, 3.8) is 0 Å². The topological polar surface area (TPSA) is 203 Å². The first-order valence-electron chi connectivity index (χ1n) is 27.0. The van der Waals surface area contributed by atoms with Gasteiger partial charge in [0.05, 0.1) is 51.1 Å². The molecule has 20 heteroatoms. The predicted molar refractivity (Wildman–Crippen MR) is 309 cm³/mol. The van der Waals surface area contributed by atoms with E-state index in [1.165, 1.54) is 35.0 Å². The second-order valence-electron chi connectivity index (χ2n) is 21.8. The first-order valence-corrected chi connectivity index (χ1v) is 28.6. The Bertz CT molecular complexity index is 3280. The molecule has 0 radical (unpaired) electrons. The van der Waals surface area contributed by atoms with E-state index in [1.807, 2.05) is 94.9 Å². The molecule has 1 fully saturated rings. The van der Waals surface area contributed by atoms with Crippen molar-refractivity contribution in [3.05, 3.63) is 133 Å². The highest BCUT2D eigenvalue weighted by Gasteiger charge is 2.46. The number of anilines is 1.